The number of thioether (sulfide) groups is 1. The molecule has 1 amide bonds. The van der Waals surface area contributed by atoms with E-state index in [9.17, 15) is 4.79 Å². The summed E-state index contributed by atoms with van der Waals surface area (Å²) in [6.07, 6.45) is 2.18. The second kappa shape index (κ2) is 6.73. The number of aryl methyl sites for hydroxylation is 2. The van der Waals surface area contributed by atoms with Crippen LogP contribution in [0, 0.1) is 13.8 Å². The van der Waals surface area contributed by atoms with Crippen LogP contribution in [0.4, 0.5) is 5.13 Å². The summed E-state index contributed by atoms with van der Waals surface area (Å²) in [4.78, 5) is 16.9. The van der Waals surface area contributed by atoms with Gasteiger partial charge in [-0.25, -0.2) is 4.98 Å². The van der Waals surface area contributed by atoms with Gasteiger partial charge in [0.25, 0.3) is 0 Å². The molecule has 0 bridgehead atoms. The summed E-state index contributed by atoms with van der Waals surface area (Å²) in [5.41, 5.74) is 2.59. The minimum Gasteiger partial charge on any atom is -0.302 e. The maximum Gasteiger partial charge on any atom is 0.226 e. The third-order valence-electron chi connectivity index (χ3n) is 2.75. The smallest absolute Gasteiger partial charge is 0.226 e. The van der Waals surface area contributed by atoms with Gasteiger partial charge in [0.05, 0.1) is 0 Å². The van der Waals surface area contributed by atoms with Crippen molar-refractivity contribution in [2.24, 2.45) is 0 Å². The molecule has 0 saturated heterocycles. The molecule has 3 nitrogen and oxygen atoms in total. The highest BCUT2D eigenvalue weighted by Gasteiger charge is 2.04. The normalized spacial score (nSPS) is 10.4. The molecule has 2 aromatic rings. The predicted molar refractivity (Wildman–Crippen MR) is 82.0 cm³/mol. The predicted octanol–water partition coefficient (Wildman–Crippen LogP) is 3.88. The van der Waals surface area contributed by atoms with E-state index in [1.54, 1.807) is 18.0 Å². The Labute approximate surface area is 121 Å². The molecule has 0 aliphatic rings. The van der Waals surface area contributed by atoms with Gasteiger partial charge in [0.2, 0.25) is 5.91 Å². The molecule has 0 radical (unpaired) electrons. The first-order chi connectivity index (χ1) is 9.15. The van der Waals surface area contributed by atoms with Crippen LogP contribution in [0.25, 0.3) is 0 Å². The van der Waals surface area contributed by atoms with Gasteiger partial charge in [-0.3, -0.25) is 4.79 Å². The molecule has 1 heterocycles. The number of anilines is 1. The molecule has 1 aromatic heterocycles. The molecule has 2 rings (SSSR count). The maximum atomic E-state index is 11.7. The van der Waals surface area contributed by atoms with Crippen LogP contribution in [-0.4, -0.2) is 16.6 Å². The lowest BCUT2D eigenvalue weighted by Crippen LogP contribution is -2.11. The van der Waals surface area contributed by atoms with Crippen molar-refractivity contribution in [3.05, 3.63) is 40.9 Å². The first-order valence-corrected chi connectivity index (χ1v) is 7.91. The Bertz CT molecular complexity index is 553. The van der Waals surface area contributed by atoms with Crippen molar-refractivity contribution in [3.8, 4) is 0 Å². The van der Waals surface area contributed by atoms with Crippen LogP contribution < -0.4 is 5.32 Å². The highest BCUT2D eigenvalue weighted by molar-refractivity contribution is 7.99. The Kier molecular flexibility index (Phi) is 4.99. The third kappa shape index (κ3) is 4.36. The molecule has 1 N–H and O–H groups in total. The van der Waals surface area contributed by atoms with Crippen molar-refractivity contribution in [2.75, 3.05) is 11.1 Å². The monoisotopic (exact) mass is 292 g/mol. The number of aromatic nitrogens is 1. The van der Waals surface area contributed by atoms with Gasteiger partial charge in [-0.1, -0.05) is 6.07 Å². The van der Waals surface area contributed by atoms with Crippen LogP contribution in [0.5, 0.6) is 0 Å². The molecular formula is C14H16N2OS2. The second-order valence-electron chi connectivity index (χ2n) is 4.23. The van der Waals surface area contributed by atoms with Crippen LogP contribution >= 0.6 is 23.1 Å². The summed E-state index contributed by atoms with van der Waals surface area (Å²) in [5.74, 6) is 0.797. The Balaban J connectivity index is 1.76. The van der Waals surface area contributed by atoms with E-state index in [1.165, 1.54) is 27.4 Å². The molecular weight excluding hydrogens is 276 g/mol. The number of nitrogens with one attached hydrogen (secondary N) is 1. The standard InChI is InChI=1S/C14H16N2OS2/c1-10-3-4-12(9-11(10)2)18-7-5-13(17)16-14-15-6-8-19-14/h3-4,6,8-9H,5,7H2,1-2H3,(H,15,16,17). The number of hydrogen-bond donors (Lipinski definition) is 1. The van der Waals surface area contributed by atoms with Crippen LogP contribution in [0.3, 0.4) is 0 Å². The lowest BCUT2D eigenvalue weighted by atomic mass is 10.1. The number of carbonyl (C=O) groups is 1. The molecule has 0 unspecified atom stereocenters. The maximum absolute atomic E-state index is 11.7. The summed E-state index contributed by atoms with van der Waals surface area (Å²) >= 11 is 3.14. The Morgan fingerprint density at radius 2 is 2.21 bits per heavy atom. The highest BCUT2D eigenvalue weighted by Crippen LogP contribution is 2.22. The van der Waals surface area contributed by atoms with E-state index in [2.05, 4.69) is 42.3 Å². The van der Waals surface area contributed by atoms with E-state index in [4.69, 9.17) is 0 Å². The molecule has 19 heavy (non-hydrogen) atoms. The Morgan fingerprint density at radius 1 is 1.37 bits per heavy atom. The summed E-state index contributed by atoms with van der Waals surface area (Å²) < 4.78 is 0. The van der Waals surface area contributed by atoms with Crippen molar-refractivity contribution < 1.29 is 4.79 Å². The quantitative estimate of drug-likeness (QED) is 0.850. The third-order valence-corrected chi connectivity index (χ3v) is 4.44. The fourth-order valence-electron chi connectivity index (χ4n) is 1.53. The van der Waals surface area contributed by atoms with Crippen molar-refractivity contribution in [2.45, 2.75) is 25.2 Å². The van der Waals surface area contributed by atoms with Gasteiger partial charge in [0.15, 0.2) is 5.13 Å². The first kappa shape index (κ1) is 14.1. The zero-order chi connectivity index (χ0) is 13.7. The van der Waals surface area contributed by atoms with E-state index < -0.39 is 0 Å². The van der Waals surface area contributed by atoms with Gasteiger partial charge < -0.3 is 5.32 Å². The zero-order valence-corrected chi connectivity index (χ0v) is 12.6. The molecule has 0 atom stereocenters. The zero-order valence-electron chi connectivity index (χ0n) is 11.0. The fraction of sp³-hybridized carbons (Fsp3) is 0.286. The number of benzene rings is 1. The molecule has 0 spiro atoms. The van der Waals surface area contributed by atoms with Crippen molar-refractivity contribution in [1.29, 1.82) is 0 Å². The summed E-state index contributed by atoms with van der Waals surface area (Å²) in [5, 5.41) is 5.30. The lowest BCUT2D eigenvalue weighted by molar-refractivity contribution is -0.115. The minimum absolute atomic E-state index is 0.0197. The van der Waals surface area contributed by atoms with Crippen LogP contribution in [-0.2, 0) is 4.79 Å². The summed E-state index contributed by atoms with van der Waals surface area (Å²) in [6.45, 7) is 4.21. The summed E-state index contributed by atoms with van der Waals surface area (Å²) in [6, 6.07) is 6.39. The average Bonchev–Trinajstić information content (AvgIpc) is 2.86. The van der Waals surface area contributed by atoms with Crippen molar-refractivity contribution in [3.63, 3.8) is 0 Å². The van der Waals surface area contributed by atoms with Gasteiger partial charge in [0, 0.05) is 28.6 Å². The van der Waals surface area contributed by atoms with Gasteiger partial charge in [0.1, 0.15) is 0 Å². The van der Waals surface area contributed by atoms with Crippen molar-refractivity contribution >= 4 is 34.1 Å². The first-order valence-electron chi connectivity index (χ1n) is 6.04. The van der Waals surface area contributed by atoms with E-state index in [-0.39, 0.29) is 5.91 Å². The number of thiazole rings is 1. The number of nitrogens with zero attached hydrogens (tertiary/aromatic N) is 1. The van der Waals surface area contributed by atoms with Crippen molar-refractivity contribution in [1.82, 2.24) is 4.98 Å². The van der Waals surface area contributed by atoms with Gasteiger partial charge >= 0.3 is 0 Å². The molecule has 5 heteroatoms. The number of hydrogen-bond acceptors (Lipinski definition) is 4. The van der Waals surface area contributed by atoms with E-state index in [0.29, 0.717) is 11.6 Å². The van der Waals surface area contributed by atoms with E-state index >= 15 is 0 Å². The molecule has 0 aliphatic heterocycles. The topological polar surface area (TPSA) is 42.0 Å². The molecule has 0 saturated carbocycles. The average molecular weight is 292 g/mol. The molecule has 1 aromatic carbocycles. The van der Waals surface area contributed by atoms with Crippen LogP contribution in [0.15, 0.2) is 34.7 Å². The Morgan fingerprint density at radius 3 is 2.89 bits per heavy atom. The molecule has 0 aliphatic carbocycles. The SMILES string of the molecule is Cc1ccc(SCCC(=O)Nc2nccs2)cc1C. The highest BCUT2D eigenvalue weighted by atomic mass is 32.2. The van der Waals surface area contributed by atoms with Gasteiger partial charge in [-0.05, 0) is 37.1 Å². The molecule has 0 fully saturated rings. The largest absolute Gasteiger partial charge is 0.302 e. The van der Waals surface area contributed by atoms with E-state index in [1.807, 2.05) is 5.38 Å². The number of carbonyl (C=O) groups excluding carboxylic acids is 1. The van der Waals surface area contributed by atoms with E-state index in [0.717, 1.165) is 5.75 Å². The molecule has 100 valence electrons. The number of amides is 1. The van der Waals surface area contributed by atoms with Gasteiger partial charge in [-0.2, -0.15) is 0 Å². The lowest BCUT2D eigenvalue weighted by Gasteiger charge is -2.05. The summed E-state index contributed by atoms with van der Waals surface area (Å²) in [7, 11) is 0. The second-order valence-corrected chi connectivity index (χ2v) is 6.29. The van der Waals surface area contributed by atoms with Gasteiger partial charge in [-0.15, -0.1) is 23.1 Å². The van der Waals surface area contributed by atoms with Crippen LogP contribution in [0.1, 0.15) is 17.5 Å². The minimum atomic E-state index is 0.0197. The fourth-order valence-corrected chi connectivity index (χ4v) is 3.02. The van der Waals surface area contributed by atoms with Crippen LogP contribution in [0.2, 0.25) is 0 Å². The Hall–Kier alpha value is -1.33. The number of rotatable bonds is 5.